The Kier molecular flexibility index (Phi) is 8.85. The fourth-order valence-electron chi connectivity index (χ4n) is 4.10. The molecule has 3 aromatic carbocycles. The van der Waals surface area contributed by atoms with Crippen LogP contribution in [-0.2, 0) is 37.8 Å². The normalized spacial score (nSPS) is 20.3. The molecule has 1 heterocycles. The summed E-state index contributed by atoms with van der Waals surface area (Å²) in [6.45, 7) is 3.70. The lowest BCUT2D eigenvalue weighted by atomic mass is 9.91. The molecule has 0 amide bonds. The molecular weight excluding hydrogens is 428 g/mol. The molecule has 0 bridgehead atoms. The number of hydrogen-bond acceptors (Lipinski definition) is 5. The van der Waals surface area contributed by atoms with Crippen molar-refractivity contribution in [2.75, 3.05) is 13.2 Å². The van der Waals surface area contributed by atoms with Gasteiger partial charge in [-0.15, -0.1) is 0 Å². The molecule has 0 saturated carbocycles. The van der Waals surface area contributed by atoms with E-state index in [4.69, 9.17) is 18.9 Å². The third-order valence-electron chi connectivity index (χ3n) is 6.12. The Morgan fingerprint density at radius 3 is 1.62 bits per heavy atom. The summed E-state index contributed by atoms with van der Waals surface area (Å²) >= 11 is 0. The van der Waals surface area contributed by atoms with E-state index in [1.54, 1.807) is 0 Å². The molecule has 0 radical (unpaired) electrons. The van der Waals surface area contributed by atoms with E-state index in [0.29, 0.717) is 39.3 Å². The molecule has 0 spiro atoms. The topological polar surface area (TPSA) is 57.2 Å². The number of ether oxygens (including phenoxy) is 4. The van der Waals surface area contributed by atoms with Gasteiger partial charge in [0, 0.05) is 6.42 Å². The molecule has 34 heavy (non-hydrogen) atoms. The summed E-state index contributed by atoms with van der Waals surface area (Å²) in [5, 5.41) is 11.0. The van der Waals surface area contributed by atoms with Gasteiger partial charge in [-0.2, -0.15) is 0 Å². The highest BCUT2D eigenvalue weighted by Crippen LogP contribution is 2.30. The largest absolute Gasteiger partial charge is 0.385 e. The number of rotatable bonds is 12. The first-order valence-corrected chi connectivity index (χ1v) is 11.9. The first-order valence-electron chi connectivity index (χ1n) is 11.9. The highest BCUT2D eigenvalue weighted by atomic mass is 16.7. The van der Waals surface area contributed by atoms with Gasteiger partial charge in [0.2, 0.25) is 0 Å². The summed E-state index contributed by atoms with van der Waals surface area (Å²) in [6.07, 6.45) is 0.228. The van der Waals surface area contributed by atoms with E-state index in [2.05, 4.69) is 0 Å². The summed E-state index contributed by atoms with van der Waals surface area (Å²) in [7, 11) is 0. The Labute approximate surface area is 202 Å². The first-order chi connectivity index (χ1) is 16.6. The third-order valence-corrected chi connectivity index (χ3v) is 6.12. The van der Waals surface area contributed by atoms with E-state index >= 15 is 0 Å². The quantitative estimate of drug-likeness (QED) is 0.400. The minimum Gasteiger partial charge on any atom is -0.385 e. The summed E-state index contributed by atoms with van der Waals surface area (Å²) in [5.41, 5.74) is 2.18. The van der Waals surface area contributed by atoms with Crippen molar-refractivity contribution >= 4 is 0 Å². The van der Waals surface area contributed by atoms with E-state index in [9.17, 15) is 5.11 Å². The molecule has 0 aliphatic carbocycles. The Hall–Kier alpha value is -2.54. The molecule has 5 heteroatoms. The summed E-state index contributed by atoms with van der Waals surface area (Å²) in [6, 6.07) is 29.9. The van der Waals surface area contributed by atoms with Gasteiger partial charge in [-0.1, -0.05) is 91.0 Å². The second-order valence-corrected chi connectivity index (χ2v) is 8.96. The van der Waals surface area contributed by atoms with E-state index in [1.807, 2.05) is 97.9 Å². The van der Waals surface area contributed by atoms with Crippen molar-refractivity contribution in [3.8, 4) is 0 Å². The fourth-order valence-corrected chi connectivity index (χ4v) is 4.10. The van der Waals surface area contributed by atoms with Crippen molar-refractivity contribution in [2.24, 2.45) is 0 Å². The van der Waals surface area contributed by atoms with E-state index < -0.39 is 11.9 Å². The van der Waals surface area contributed by atoms with Crippen molar-refractivity contribution in [2.45, 2.75) is 57.1 Å². The highest BCUT2D eigenvalue weighted by Gasteiger charge is 2.37. The van der Waals surface area contributed by atoms with Gasteiger partial charge >= 0.3 is 0 Å². The van der Waals surface area contributed by atoms with Crippen LogP contribution in [0.1, 0.15) is 36.5 Å². The second kappa shape index (κ2) is 12.2. The first kappa shape index (κ1) is 24.6. The van der Waals surface area contributed by atoms with Crippen LogP contribution in [0.4, 0.5) is 0 Å². The van der Waals surface area contributed by atoms with Gasteiger partial charge in [0.1, 0.15) is 12.2 Å². The maximum absolute atomic E-state index is 11.0. The van der Waals surface area contributed by atoms with E-state index in [0.717, 1.165) is 16.7 Å². The number of hydrogen-bond donors (Lipinski definition) is 1. The van der Waals surface area contributed by atoms with Gasteiger partial charge in [0.25, 0.3) is 0 Å². The van der Waals surface area contributed by atoms with Gasteiger partial charge in [-0.05, 0) is 30.0 Å². The molecule has 3 atom stereocenters. The minimum absolute atomic E-state index is 0.230. The van der Waals surface area contributed by atoms with Crippen LogP contribution in [0.25, 0.3) is 0 Å². The highest BCUT2D eigenvalue weighted by molar-refractivity contribution is 5.21. The van der Waals surface area contributed by atoms with Crippen LogP contribution < -0.4 is 0 Å². The standard InChI is InChI=1S/C29H34O5/c1-29(30,25-15-9-4-10-16-25)18-17-28-33-26(21-31-19-23-11-5-2-6-12-23)27(34-28)22-32-20-24-13-7-3-8-14-24/h2-16,26-28,30H,17-22H2,1H3/t26-,27-,29-/m0/s1. The van der Waals surface area contributed by atoms with E-state index in [1.165, 1.54) is 0 Å². The number of benzene rings is 3. The second-order valence-electron chi connectivity index (χ2n) is 8.96. The van der Waals surface area contributed by atoms with Crippen LogP contribution in [0.5, 0.6) is 0 Å². The molecule has 4 rings (SSSR count). The molecule has 0 aromatic heterocycles. The van der Waals surface area contributed by atoms with Crippen LogP contribution in [-0.4, -0.2) is 36.8 Å². The number of aliphatic hydroxyl groups is 1. The van der Waals surface area contributed by atoms with Crippen LogP contribution in [0, 0.1) is 0 Å². The van der Waals surface area contributed by atoms with Crippen molar-refractivity contribution in [1.82, 2.24) is 0 Å². The van der Waals surface area contributed by atoms with Gasteiger partial charge in [0.05, 0.1) is 32.0 Å². The Bertz CT molecular complexity index is 908. The molecule has 1 N–H and O–H groups in total. The van der Waals surface area contributed by atoms with Crippen LogP contribution in [0.3, 0.4) is 0 Å². The zero-order valence-electron chi connectivity index (χ0n) is 19.7. The molecule has 0 unspecified atom stereocenters. The summed E-state index contributed by atoms with van der Waals surface area (Å²) in [5.74, 6) is 0. The average molecular weight is 463 g/mol. The zero-order valence-corrected chi connectivity index (χ0v) is 19.7. The Morgan fingerprint density at radius 2 is 1.15 bits per heavy atom. The van der Waals surface area contributed by atoms with Crippen molar-refractivity contribution in [1.29, 1.82) is 0 Å². The smallest absolute Gasteiger partial charge is 0.158 e. The van der Waals surface area contributed by atoms with Crippen molar-refractivity contribution < 1.29 is 24.1 Å². The Morgan fingerprint density at radius 1 is 0.706 bits per heavy atom. The predicted octanol–water partition coefficient (Wildman–Crippen LogP) is 5.22. The molecule has 1 aliphatic heterocycles. The summed E-state index contributed by atoms with van der Waals surface area (Å²) in [4.78, 5) is 0. The molecular formula is C29H34O5. The van der Waals surface area contributed by atoms with Crippen LogP contribution >= 0.6 is 0 Å². The summed E-state index contributed by atoms with van der Waals surface area (Å²) < 4.78 is 24.3. The molecule has 5 nitrogen and oxygen atoms in total. The Balaban J connectivity index is 1.31. The van der Waals surface area contributed by atoms with Crippen LogP contribution in [0.15, 0.2) is 91.0 Å². The third kappa shape index (κ3) is 7.23. The molecule has 180 valence electrons. The maximum atomic E-state index is 11.0. The predicted molar refractivity (Wildman–Crippen MR) is 131 cm³/mol. The van der Waals surface area contributed by atoms with Gasteiger partial charge < -0.3 is 24.1 Å². The maximum Gasteiger partial charge on any atom is 0.158 e. The van der Waals surface area contributed by atoms with Gasteiger partial charge in [-0.3, -0.25) is 0 Å². The SMILES string of the molecule is C[C@](O)(CCC1O[C@@H](COCc2ccccc2)[C@H](COCc2ccccc2)O1)c1ccccc1. The lowest BCUT2D eigenvalue weighted by molar-refractivity contribution is -0.0966. The lowest BCUT2D eigenvalue weighted by Crippen LogP contribution is -2.31. The molecule has 1 saturated heterocycles. The zero-order chi connectivity index (χ0) is 23.6. The van der Waals surface area contributed by atoms with Gasteiger partial charge in [0.15, 0.2) is 6.29 Å². The average Bonchev–Trinajstić information content (AvgIpc) is 3.26. The van der Waals surface area contributed by atoms with Gasteiger partial charge in [-0.25, -0.2) is 0 Å². The molecule has 1 aliphatic rings. The van der Waals surface area contributed by atoms with Crippen molar-refractivity contribution in [3.05, 3.63) is 108 Å². The monoisotopic (exact) mass is 462 g/mol. The van der Waals surface area contributed by atoms with Crippen molar-refractivity contribution in [3.63, 3.8) is 0 Å². The molecule has 3 aromatic rings. The fraction of sp³-hybridized carbons (Fsp3) is 0.379. The molecule has 1 fully saturated rings. The van der Waals surface area contributed by atoms with Crippen LogP contribution in [0.2, 0.25) is 0 Å². The lowest BCUT2D eigenvalue weighted by Gasteiger charge is -2.25. The van der Waals surface area contributed by atoms with E-state index in [-0.39, 0.29) is 12.2 Å². The minimum atomic E-state index is -0.949.